The van der Waals surface area contributed by atoms with Crippen LogP contribution in [-0.4, -0.2) is 19.7 Å². The summed E-state index contributed by atoms with van der Waals surface area (Å²) in [5.74, 6) is 0.591. The predicted molar refractivity (Wildman–Crippen MR) is 66.2 cm³/mol. The lowest BCUT2D eigenvalue weighted by atomic mass is 10.1. The summed E-state index contributed by atoms with van der Waals surface area (Å²) < 4.78 is 1.58. The first kappa shape index (κ1) is 12.0. The van der Waals surface area contributed by atoms with Gasteiger partial charge in [0.25, 0.3) is 5.69 Å². The fraction of sp³-hybridized carbons (Fsp3) is 0.273. The van der Waals surface area contributed by atoms with Gasteiger partial charge in [0.1, 0.15) is 12.0 Å². The summed E-state index contributed by atoms with van der Waals surface area (Å²) in [6.07, 6.45) is 1.58. The first-order valence-corrected chi connectivity index (χ1v) is 5.40. The molecule has 7 nitrogen and oxygen atoms in total. The lowest BCUT2D eigenvalue weighted by molar-refractivity contribution is -0.384. The molecule has 1 aromatic heterocycles. The van der Waals surface area contributed by atoms with Crippen LogP contribution in [0.25, 0.3) is 0 Å². The van der Waals surface area contributed by atoms with Crippen LogP contribution in [0.2, 0.25) is 0 Å². The Hall–Kier alpha value is -2.44. The van der Waals surface area contributed by atoms with E-state index in [2.05, 4.69) is 15.4 Å². The first-order valence-electron chi connectivity index (χ1n) is 5.40. The van der Waals surface area contributed by atoms with Gasteiger partial charge in [-0.2, -0.15) is 5.10 Å². The minimum atomic E-state index is -0.385. The van der Waals surface area contributed by atoms with Crippen LogP contribution in [0.3, 0.4) is 0 Å². The summed E-state index contributed by atoms with van der Waals surface area (Å²) in [6.45, 7) is 2.06. The van der Waals surface area contributed by atoms with Gasteiger partial charge in [0.05, 0.1) is 11.5 Å². The fourth-order valence-electron chi connectivity index (χ4n) is 1.68. The van der Waals surface area contributed by atoms with E-state index >= 15 is 0 Å². The van der Waals surface area contributed by atoms with Gasteiger partial charge in [-0.05, 0) is 13.0 Å². The van der Waals surface area contributed by atoms with Crippen LogP contribution in [0.1, 0.15) is 11.4 Å². The monoisotopic (exact) mass is 247 g/mol. The SMILES string of the molecule is Cc1cccc(NCc2ncn(C)n2)c1[N+](=O)[O-]. The molecule has 0 saturated carbocycles. The average Bonchev–Trinajstić information content (AvgIpc) is 2.72. The number of aromatic nitrogens is 3. The van der Waals surface area contributed by atoms with E-state index in [0.717, 1.165) is 0 Å². The highest BCUT2D eigenvalue weighted by Gasteiger charge is 2.16. The third kappa shape index (κ3) is 2.45. The molecular formula is C11H13N5O2. The summed E-state index contributed by atoms with van der Waals surface area (Å²) in [6, 6.07) is 5.16. The largest absolute Gasteiger partial charge is 0.372 e. The van der Waals surface area contributed by atoms with Crippen molar-refractivity contribution < 1.29 is 4.92 Å². The summed E-state index contributed by atoms with van der Waals surface area (Å²) in [5, 5.41) is 18.1. The van der Waals surface area contributed by atoms with Gasteiger partial charge in [-0.3, -0.25) is 14.8 Å². The first-order chi connectivity index (χ1) is 8.58. The smallest absolute Gasteiger partial charge is 0.295 e. The molecule has 1 aromatic carbocycles. The second-order valence-corrected chi connectivity index (χ2v) is 3.92. The molecule has 0 saturated heterocycles. The van der Waals surface area contributed by atoms with E-state index in [4.69, 9.17) is 0 Å². The number of rotatable bonds is 4. The van der Waals surface area contributed by atoms with Crippen LogP contribution >= 0.6 is 0 Å². The zero-order valence-electron chi connectivity index (χ0n) is 10.1. The van der Waals surface area contributed by atoms with Crippen molar-refractivity contribution in [2.24, 2.45) is 7.05 Å². The van der Waals surface area contributed by atoms with Crippen molar-refractivity contribution in [1.29, 1.82) is 0 Å². The Morgan fingerprint density at radius 3 is 2.89 bits per heavy atom. The Morgan fingerprint density at radius 2 is 2.28 bits per heavy atom. The van der Waals surface area contributed by atoms with Crippen molar-refractivity contribution in [3.05, 3.63) is 46.0 Å². The van der Waals surface area contributed by atoms with Gasteiger partial charge in [0.15, 0.2) is 5.82 Å². The van der Waals surface area contributed by atoms with Crippen LogP contribution in [0.5, 0.6) is 0 Å². The summed E-state index contributed by atoms with van der Waals surface area (Å²) in [5.41, 5.74) is 1.19. The normalized spacial score (nSPS) is 10.3. The fourth-order valence-corrected chi connectivity index (χ4v) is 1.68. The highest BCUT2D eigenvalue weighted by molar-refractivity contribution is 5.64. The van der Waals surface area contributed by atoms with Gasteiger partial charge in [-0.1, -0.05) is 12.1 Å². The maximum atomic E-state index is 11.0. The molecule has 0 amide bonds. The van der Waals surface area contributed by atoms with E-state index in [1.165, 1.54) is 0 Å². The Morgan fingerprint density at radius 1 is 1.50 bits per heavy atom. The number of hydrogen-bond acceptors (Lipinski definition) is 5. The second kappa shape index (κ2) is 4.82. The minimum Gasteiger partial charge on any atom is -0.372 e. The molecule has 0 radical (unpaired) electrons. The second-order valence-electron chi connectivity index (χ2n) is 3.92. The Labute approximate surface area is 104 Å². The van der Waals surface area contributed by atoms with Crippen molar-refractivity contribution in [3.8, 4) is 0 Å². The maximum Gasteiger partial charge on any atom is 0.295 e. The molecule has 2 rings (SSSR count). The molecule has 0 unspecified atom stereocenters. The molecular weight excluding hydrogens is 234 g/mol. The minimum absolute atomic E-state index is 0.0911. The molecule has 2 aromatic rings. The number of nitro benzene ring substituents is 1. The molecule has 1 heterocycles. The van der Waals surface area contributed by atoms with Crippen LogP contribution in [-0.2, 0) is 13.6 Å². The number of anilines is 1. The standard InChI is InChI=1S/C11H13N5O2/c1-8-4-3-5-9(11(8)16(17)18)12-6-10-13-7-15(2)14-10/h3-5,7,12H,6H2,1-2H3. The zero-order valence-corrected chi connectivity index (χ0v) is 10.1. The van der Waals surface area contributed by atoms with Crippen molar-refractivity contribution in [1.82, 2.24) is 14.8 Å². The van der Waals surface area contributed by atoms with E-state index in [0.29, 0.717) is 23.6 Å². The molecule has 0 aliphatic rings. The number of hydrogen-bond donors (Lipinski definition) is 1. The average molecular weight is 247 g/mol. The van der Waals surface area contributed by atoms with Crippen molar-refractivity contribution in [2.45, 2.75) is 13.5 Å². The van der Waals surface area contributed by atoms with Crippen LogP contribution in [0.4, 0.5) is 11.4 Å². The molecule has 1 N–H and O–H groups in total. The molecule has 0 aliphatic carbocycles. The lowest BCUT2D eigenvalue weighted by Gasteiger charge is -2.06. The maximum absolute atomic E-state index is 11.0. The van der Waals surface area contributed by atoms with Crippen molar-refractivity contribution in [2.75, 3.05) is 5.32 Å². The van der Waals surface area contributed by atoms with Gasteiger partial charge in [0.2, 0.25) is 0 Å². The van der Waals surface area contributed by atoms with Gasteiger partial charge in [-0.25, -0.2) is 4.98 Å². The molecule has 0 bridgehead atoms. The quantitative estimate of drug-likeness (QED) is 0.655. The van der Waals surface area contributed by atoms with Gasteiger partial charge in [-0.15, -0.1) is 0 Å². The molecule has 7 heteroatoms. The van der Waals surface area contributed by atoms with E-state index in [-0.39, 0.29) is 10.6 Å². The molecule has 94 valence electrons. The van der Waals surface area contributed by atoms with Gasteiger partial charge in [0, 0.05) is 12.6 Å². The van der Waals surface area contributed by atoms with Crippen LogP contribution in [0, 0.1) is 17.0 Å². The Bertz CT molecular complexity index is 579. The van der Waals surface area contributed by atoms with E-state index in [1.54, 1.807) is 43.2 Å². The number of benzene rings is 1. The molecule has 18 heavy (non-hydrogen) atoms. The molecule has 0 atom stereocenters. The third-order valence-electron chi connectivity index (χ3n) is 2.50. The molecule has 0 aliphatic heterocycles. The number of nitrogens with one attached hydrogen (secondary N) is 1. The van der Waals surface area contributed by atoms with E-state index < -0.39 is 0 Å². The van der Waals surface area contributed by atoms with Gasteiger partial charge < -0.3 is 5.32 Å². The topological polar surface area (TPSA) is 85.9 Å². The number of aryl methyl sites for hydroxylation is 2. The highest BCUT2D eigenvalue weighted by Crippen LogP contribution is 2.27. The molecule has 0 fully saturated rings. The van der Waals surface area contributed by atoms with Crippen LogP contribution < -0.4 is 5.32 Å². The summed E-state index contributed by atoms with van der Waals surface area (Å²) in [7, 11) is 1.77. The lowest BCUT2D eigenvalue weighted by Crippen LogP contribution is -2.05. The van der Waals surface area contributed by atoms with E-state index in [1.807, 2.05) is 0 Å². The van der Waals surface area contributed by atoms with Crippen LogP contribution in [0.15, 0.2) is 24.5 Å². The van der Waals surface area contributed by atoms with E-state index in [9.17, 15) is 10.1 Å². The van der Waals surface area contributed by atoms with Crippen molar-refractivity contribution in [3.63, 3.8) is 0 Å². The number of nitrogens with zero attached hydrogens (tertiary/aromatic N) is 4. The Balaban J connectivity index is 2.19. The Kier molecular flexibility index (Phi) is 3.22. The summed E-state index contributed by atoms with van der Waals surface area (Å²) >= 11 is 0. The molecule has 0 spiro atoms. The predicted octanol–water partition coefficient (Wildman–Crippen LogP) is 1.64. The number of nitro groups is 1. The van der Waals surface area contributed by atoms with Crippen molar-refractivity contribution >= 4 is 11.4 Å². The number of para-hydroxylation sites is 1. The third-order valence-corrected chi connectivity index (χ3v) is 2.50. The highest BCUT2D eigenvalue weighted by atomic mass is 16.6. The summed E-state index contributed by atoms with van der Waals surface area (Å²) in [4.78, 5) is 14.7. The van der Waals surface area contributed by atoms with Gasteiger partial charge >= 0.3 is 0 Å². The zero-order chi connectivity index (χ0) is 13.1.